The number of rotatable bonds is 5. The standard InChI is InChI=1S/C17H21N5O/c23-8-6-16(12-3-1-2-4-12)22-11-13(9-20-22)15-10-19-21-17-14(15)5-7-18-17/h5,7,9-12,16,23H,1-4,6,8H2,(H,18,21)/t16-/m1/s1. The molecule has 0 saturated heterocycles. The lowest BCUT2D eigenvalue weighted by Crippen LogP contribution is -2.19. The molecule has 1 fully saturated rings. The molecular formula is C17H21N5O. The van der Waals surface area contributed by atoms with E-state index < -0.39 is 0 Å². The van der Waals surface area contributed by atoms with E-state index in [1.165, 1.54) is 25.7 Å². The van der Waals surface area contributed by atoms with Crippen LogP contribution in [-0.4, -0.2) is 36.7 Å². The summed E-state index contributed by atoms with van der Waals surface area (Å²) in [4.78, 5) is 3.09. The zero-order valence-corrected chi connectivity index (χ0v) is 13.0. The van der Waals surface area contributed by atoms with Gasteiger partial charge in [0.25, 0.3) is 0 Å². The van der Waals surface area contributed by atoms with Crippen molar-refractivity contribution in [3.05, 3.63) is 30.9 Å². The van der Waals surface area contributed by atoms with Gasteiger partial charge in [-0.2, -0.15) is 10.2 Å². The molecular weight excluding hydrogens is 290 g/mol. The third-order valence-corrected chi connectivity index (χ3v) is 4.98. The summed E-state index contributed by atoms with van der Waals surface area (Å²) in [5.41, 5.74) is 2.88. The first-order valence-electron chi connectivity index (χ1n) is 8.31. The monoisotopic (exact) mass is 311 g/mol. The Bertz CT molecular complexity index is 787. The van der Waals surface area contributed by atoms with Crippen LogP contribution in [0.25, 0.3) is 22.2 Å². The van der Waals surface area contributed by atoms with Crippen LogP contribution in [0.2, 0.25) is 0 Å². The fourth-order valence-electron chi connectivity index (χ4n) is 3.82. The van der Waals surface area contributed by atoms with Gasteiger partial charge < -0.3 is 10.1 Å². The molecule has 4 rings (SSSR count). The predicted octanol–water partition coefficient (Wildman–Crippen LogP) is 2.94. The van der Waals surface area contributed by atoms with E-state index in [1.807, 2.05) is 23.1 Å². The number of aromatic amines is 1. The summed E-state index contributed by atoms with van der Waals surface area (Å²) in [7, 11) is 0. The van der Waals surface area contributed by atoms with Crippen LogP contribution in [0, 0.1) is 5.92 Å². The number of aromatic nitrogens is 5. The van der Waals surface area contributed by atoms with Crippen LogP contribution in [0.5, 0.6) is 0 Å². The molecule has 1 aliphatic carbocycles. The van der Waals surface area contributed by atoms with Gasteiger partial charge in [0.05, 0.1) is 18.4 Å². The van der Waals surface area contributed by atoms with E-state index >= 15 is 0 Å². The van der Waals surface area contributed by atoms with Crippen molar-refractivity contribution in [3.63, 3.8) is 0 Å². The summed E-state index contributed by atoms with van der Waals surface area (Å²) in [5.74, 6) is 0.623. The maximum atomic E-state index is 9.43. The Morgan fingerprint density at radius 3 is 3.00 bits per heavy atom. The van der Waals surface area contributed by atoms with Crippen LogP contribution in [0.1, 0.15) is 38.1 Å². The van der Waals surface area contributed by atoms with Gasteiger partial charge in [-0.05, 0) is 31.2 Å². The van der Waals surface area contributed by atoms with Crippen molar-refractivity contribution >= 4 is 11.0 Å². The SMILES string of the molecule is OCC[C@H](C1CCCC1)n1cc(-c2cnnc3[nH]ccc23)cn1. The van der Waals surface area contributed by atoms with Gasteiger partial charge in [0.2, 0.25) is 0 Å². The van der Waals surface area contributed by atoms with Gasteiger partial charge in [-0.1, -0.05) is 12.8 Å². The van der Waals surface area contributed by atoms with Crippen molar-refractivity contribution in [2.24, 2.45) is 5.92 Å². The Labute approximate surface area is 134 Å². The summed E-state index contributed by atoms with van der Waals surface area (Å²) in [6.07, 6.45) is 13.5. The van der Waals surface area contributed by atoms with Gasteiger partial charge in [-0.15, -0.1) is 5.10 Å². The Morgan fingerprint density at radius 1 is 1.30 bits per heavy atom. The minimum absolute atomic E-state index is 0.204. The van der Waals surface area contributed by atoms with Crippen LogP contribution < -0.4 is 0 Å². The van der Waals surface area contributed by atoms with E-state index in [0.29, 0.717) is 5.92 Å². The molecule has 0 unspecified atom stereocenters. The molecule has 1 saturated carbocycles. The molecule has 0 aromatic carbocycles. The molecule has 2 N–H and O–H groups in total. The summed E-state index contributed by atoms with van der Waals surface area (Å²) in [6, 6.07) is 2.30. The molecule has 23 heavy (non-hydrogen) atoms. The third kappa shape index (κ3) is 2.63. The molecule has 3 aromatic rings. The Hall–Kier alpha value is -2.21. The van der Waals surface area contributed by atoms with Crippen molar-refractivity contribution < 1.29 is 5.11 Å². The first-order chi connectivity index (χ1) is 11.4. The van der Waals surface area contributed by atoms with E-state index in [9.17, 15) is 5.11 Å². The first kappa shape index (κ1) is 14.4. The van der Waals surface area contributed by atoms with Crippen molar-refractivity contribution in [3.8, 4) is 11.1 Å². The second-order valence-corrected chi connectivity index (χ2v) is 6.33. The summed E-state index contributed by atoms with van der Waals surface area (Å²) in [6.45, 7) is 0.204. The fraction of sp³-hybridized carbons (Fsp3) is 0.471. The molecule has 0 spiro atoms. The van der Waals surface area contributed by atoms with Gasteiger partial charge in [0.1, 0.15) is 0 Å². The van der Waals surface area contributed by atoms with Crippen LogP contribution in [0.3, 0.4) is 0 Å². The minimum Gasteiger partial charge on any atom is -0.396 e. The zero-order chi connectivity index (χ0) is 15.6. The predicted molar refractivity (Wildman–Crippen MR) is 87.8 cm³/mol. The highest BCUT2D eigenvalue weighted by Crippen LogP contribution is 2.36. The molecule has 3 aromatic heterocycles. The van der Waals surface area contributed by atoms with Crippen molar-refractivity contribution in [1.29, 1.82) is 0 Å². The Balaban J connectivity index is 1.68. The first-order valence-corrected chi connectivity index (χ1v) is 8.31. The van der Waals surface area contributed by atoms with Gasteiger partial charge >= 0.3 is 0 Å². The van der Waals surface area contributed by atoms with Gasteiger partial charge in [-0.3, -0.25) is 4.68 Å². The molecule has 0 amide bonds. The minimum atomic E-state index is 0.204. The van der Waals surface area contributed by atoms with Crippen molar-refractivity contribution in [2.75, 3.05) is 6.61 Å². The lowest BCUT2D eigenvalue weighted by atomic mass is 9.96. The Kier molecular flexibility index (Phi) is 3.83. The molecule has 3 heterocycles. The van der Waals surface area contributed by atoms with E-state index in [1.54, 1.807) is 6.20 Å². The van der Waals surface area contributed by atoms with Crippen LogP contribution in [-0.2, 0) is 0 Å². The topological polar surface area (TPSA) is 79.6 Å². The number of nitrogens with one attached hydrogen (secondary N) is 1. The molecule has 0 radical (unpaired) electrons. The number of hydrogen-bond acceptors (Lipinski definition) is 4. The van der Waals surface area contributed by atoms with Gasteiger partial charge in [0.15, 0.2) is 5.65 Å². The summed E-state index contributed by atoms with van der Waals surface area (Å²) in [5, 5.41) is 23.2. The molecule has 120 valence electrons. The average Bonchev–Trinajstić information content (AvgIpc) is 3.32. The third-order valence-electron chi connectivity index (χ3n) is 4.98. The molecule has 1 atom stereocenters. The molecule has 0 bridgehead atoms. The highest BCUT2D eigenvalue weighted by molar-refractivity contribution is 5.91. The molecule has 6 nitrogen and oxygen atoms in total. The molecule has 6 heteroatoms. The lowest BCUT2D eigenvalue weighted by Gasteiger charge is -2.23. The van der Waals surface area contributed by atoms with E-state index in [-0.39, 0.29) is 12.6 Å². The maximum absolute atomic E-state index is 9.43. The zero-order valence-electron chi connectivity index (χ0n) is 13.0. The fourth-order valence-corrected chi connectivity index (χ4v) is 3.82. The number of nitrogens with zero attached hydrogens (tertiary/aromatic N) is 4. The number of fused-ring (bicyclic) bond motifs is 1. The number of aliphatic hydroxyl groups is 1. The normalized spacial score (nSPS) is 17.1. The van der Waals surface area contributed by atoms with Crippen molar-refractivity contribution in [2.45, 2.75) is 38.1 Å². The van der Waals surface area contributed by atoms with Gasteiger partial charge in [-0.25, -0.2) is 0 Å². The number of aliphatic hydroxyl groups excluding tert-OH is 1. The second-order valence-electron chi connectivity index (χ2n) is 6.33. The van der Waals surface area contributed by atoms with Crippen LogP contribution >= 0.6 is 0 Å². The molecule has 1 aliphatic rings. The summed E-state index contributed by atoms with van der Waals surface area (Å²) >= 11 is 0. The lowest BCUT2D eigenvalue weighted by molar-refractivity contribution is 0.211. The largest absolute Gasteiger partial charge is 0.396 e. The van der Waals surface area contributed by atoms with Gasteiger partial charge in [0, 0.05) is 35.5 Å². The maximum Gasteiger partial charge on any atom is 0.160 e. The summed E-state index contributed by atoms with van der Waals surface area (Å²) < 4.78 is 2.04. The second kappa shape index (κ2) is 6.12. The highest BCUT2D eigenvalue weighted by atomic mass is 16.3. The Morgan fingerprint density at radius 2 is 2.17 bits per heavy atom. The van der Waals surface area contributed by atoms with E-state index in [0.717, 1.165) is 28.6 Å². The van der Waals surface area contributed by atoms with Crippen LogP contribution in [0.15, 0.2) is 30.9 Å². The number of hydrogen-bond donors (Lipinski definition) is 2. The highest BCUT2D eigenvalue weighted by Gasteiger charge is 2.26. The van der Waals surface area contributed by atoms with E-state index in [4.69, 9.17) is 0 Å². The molecule has 0 aliphatic heterocycles. The smallest absolute Gasteiger partial charge is 0.160 e. The quantitative estimate of drug-likeness (QED) is 0.759. The van der Waals surface area contributed by atoms with Crippen molar-refractivity contribution in [1.82, 2.24) is 25.0 Å². The van der Waals surface area contributed by atoms with Crippen LogP contribution in [0.4, 0.5) is 0 Å². The van der Waals surface area contributed by atoms with E-state index in [2.05, 4.69) is 26.5 Å². The average molecular weight is 311 g/mol. The number of H-pyrrole nitrogens is 1.